The van der Waals surface area contributed by atoms with Crippen molar-refractivity contribution in [2.24, 2.45) is 10.2 Å². The summed E-state index contributed by atoms with van der Waals surface area (Å²) in [5.74, 6) is 0.732. The Morgan fingerprint density at radius 1 is 0.923 bits per heavy atom. The van der Waals surface area contributed by atoms with Crippen LogP contribution in [0, 0.1) is 0 Å². The number of hydrogen-bond donors (Lipinski definition) is 1. The highest BCUT2D eigenvalue weighted by Gasteiger charge is 2.06. The Bertz CT molecular complexity index is 862. The normalized spacial score (nSPS) is 10.7. The van der Waals surface area contributed by atoms with Gasteiger partial charge in [0.25, 0.3) is 0 Å². The highest BCUT2D eigenvalue weighted by Crippen LogP contribution is 2.22. The lowest BCUT2D eigenvalue weighted by Gasteiger charge is -2.06. The first kappa shape index (κ1) is 17.4. The Morgan fingerprint density at radius 3 is 2.08 bits per heavy atom. The maximum Gasteiger partial charge on any atom is 0.128 e. The van der Waals surface area contributed by atoms with Crippen LogP contribution in [0.2, 0.25) is 0 Å². The first-order chi connectivity index (χ1) is 12.8. The predicted octanol–water partition coefficient (Wildman–Crippen LogP) is 4.66. The largest absolute Gasteiger partial charge is 0.507 e. The monoisotopic (exact) mass is 344 g/mol. The highest BCUT2D eigenvalue weighted by atomic mass is 16.5. The minimum atomic E-state index is 0.107. The summed E-state index contributed by atoms with van der Waals surface area (Å²) in [5, 5.41) is 18.7. The van der Waals surface area contributed by atoms with Gasteiger partial charge in [0, 0.05) is 22.8 Å². The van der Waals surface area contributed by atoms with Gasteiger partial charge in [0.1, 0.15) is 17.2 Å². The van der Waals surface area contributed by atoms with Gasteiger partial charge < -0.3 is 9.84 Å². The molecule has 0 aliphatic heterocycles. The fraction of sp³-hybridized carbons (Fsp3) is 0.0909. The van der Waals surface area contributed by atoms with Gasteiger partial charge in [-0.15, -0.1) is 5.10 Å². The van der Waals surface area contributed by atoms with Gasteiger partial charge in [-0.25, -0.2) is 0 Å². The van der Waals surface area contributed by atoms with Crippen molar-refractivity contribution in [1.82, 2.24) is 0 Å². The summed E-state index contributed by atoms with van der Waals surface area (Å²) < 4.78 is 5.37. The zero-order valence-corrected chi connectivity index (χ0v) is 14.5. The molecule has 0 unspecified atom stereocenters. The SMILES string of the molecule is CCOc1ccc(/C=N/N=C(c2ccccc2)c2ccccc2)c(O)c1. The van der Waals surface area contributed by atoms with Crippen LogP contribution in [0.25, 0.3) is 0 Å². The molecule has 4 heteroatoms. The van der Waals surface area contributed by atoms with Crippen LogP contribution in [0.1, 0.15) is 23.6 Å². The molecule has 0 spiro atoms. The van der Waals surface area contributed by atoms with Crippen molar-refractivity contribution in [3.63, 3.8) is 0 Å². The molecule has 0 saturated heterocycles. The van der Waals surface area contributed by atoms with Crippen molar-refractivity contribution in [2.75, 3.05) is 6.61 Å². The molecule has 0 fully saturated rings. The summed E-state index contributed by atoms with van der Waals surface area (Å²) >= 11 is 0. The molecule has 0 bridgehead atoms. The van der Waals surface area contributed by atoms with Crippen molar-refractivity contribution in [3.8, 4) is 11.5 Å². The van der Waals surface area contributed by atoms with E-state index < -0.39 is 0 Å². The lowest BCUT2D eigenvalue weighted by molar-refractivity contribution is 0.337. The number of benzene rings is 3. The summed E-state index contributed by atoms with van der Waals surface area (Å²) in [4.78, 5) is 0. The summed E-state index contributed by atoms with van der Waals surface area (Å²) in [6.45, 7) is 2.45. The van der Waals surface area contributed by atoms with Gasteiger partial charge in [-0.05, 0) is 19.1 Å². The predicted molar refractivity (Wildman–Crippen MR) is 105 cm³/mol. The first-order valence-electron chi connectivity index (χ1n) is 8.45. The van der Waals surface area contributed by atoms with Crippen LogP contribution in [0.15, 0.2) is 89.1 Å². The summed E-state index contributed by atoms with van der Waals surface area (Å²) in [6, 6.07) is 24.9. The van der Waals surface area contributed by atoms with E-state index in [2.05, 4.69) is 10.2 Å². The van der Waals surface area contributed by atoms with E-state index in [-0.39, 0.29) is 5.75 Å². The smallest absolute Gasteiger partial charge is 0.128 e. The zero-order chi connectivity index (χ0) is 18.2. The molecule has 1 N–H and O–H groups in total. The number of nitrogens with zero attached hydrogens (tertiary/aromatic N) is 2. The van der Waals surface area contributed by atoms with Crippen LogP contribution in [-0.4, -0.2) is 23.6 Å². The van der Waals surface area contributed by atoms with E-state index >= 15 is 0 Å². The van der Waals surface area contributed by atoms with Gasteiger partial charge in [-0.3, -0.25) is 0 Å². The van der Waals surface area contributed by atoms with Crippen LogP contribution >= 0.6 is 0 Å². The maximum absolute atomic E-state index is 10.1. The van der Waals surface area contributed by atoms with Crippen LogP contribution < -0.4 is 4.74 Å². The number of phenolic OH excluding ortho intramolecular Hbond substituents is 1. The lowest BCUT2D eigenvalue weighted by atomic mass is 10.0. The lowest BCUT2D eigenvalue weighted by Crippen LogP contribution is -2.02. The fourth-order valence-corrected chi connectivity index (χ4v) is 2.51. The Kier molecular flexibility index (Phi) is 5.78. The van der Waals surface area contributed by atoms with E-state index in [4.69, 9.17) is 4.74 Å². The van der Waals surface area contributed by atoms with Crippen LogP contribution in [0.5, 0.6) is 11.5 Å². The van der Waals surface area contributed by atoms with Crippen molar-refractivity contribution in [2.45, 2.75) is 6.92 Å². The van der Waals surface area contributed by atoms with Gasteiger partial charge >= 0.3 is 0 Å². The molecule has 0 aliphatic carbocycles. The maximum atomic E-state index is 10.1. The van der Waals surface area contributed by atoms with Gasteiger partial charge in [0.05, 0.1) is 12.8 Å². The molecule has 0 atom stereocenters. The second-order valence-electron chi connectivity index (χ2n) is 5.58. The zero-order valence-electron chi connectivity index (χ0n) is 14.5. The molecule has 0 radical (unpaired) electrons. The molecule has 130 valence electrons. The number of phenols is 1. The number of rotatable bonds is 6. The van der Waals surface area contributed by atoms with Gasteiger partial charge in [0.2, 0.25) is 0 Å². The highest BCUT2D eigenvalue weighted by molar-refractivity contribution is 6.12. The average molecular weight is 344 g/mol. The number of hydrogen-bond acceptors (Lipinski definition) is 4. The molecule has 0 heterocycles. The Morgan fingerprint density at radius 2 is 1.54 bits per heavy atom. The van der Waals surface area contributed by atoms with Crippen molar-refractivity contribution >= 4 is 11.9 Å². The number of aromatic hydroxyl groups is 1. The van der Waals surface area contributed by atoms with Gasteiger partial charge in [0.15, 0.2) is 0 Å². The summed E-state index contributed by atoms with van der Waals surface area (Å²) in [6.07, 6.45) is 1.54. The fourth-order valence-electron chi connectivity index (χ4n) is 2.51. The van der Waals surface area contributed by atoms with Crippen LogP contribution in [0.4, 0.5) is 0 Å². The minimum absolute atomic E-state index is 0.107. The molecular formula is C22H20N2O2. The molecule has 0 aromatic heterocycles. The van der Waals surface area contributed by atoms with Crippen LogP contribution in [-0.2, 0) is 0 Å². The van der Waals surface area contributed by atoms with Crippen molar-refractivity contribution in [1.29, 1.82) is 0 Å². The van der Waals surface area contributed by atoms with Crippen molar-refractivity contribution < 1.29 is 9.84 Å². The molecule has 26 heavy (non-hydrogen) atoms. The van der Waals surface area contributed by atoms with Crippen LogP contribution in [0.3, 0.4) is 0 Å². The van der Waals surface area contributed by atoms with E-state index in [1.807, 2.05) is 67.6 Å². The van der Waals surface area contributed by atoms with Crippen molar-refractivity contribution in [3.05, 3.63) is 95.6 Å². The quantitative estimate of drug-likeness (QED) is 0.522. The van der Waals surface area contributed by atoms with Gasteiger partial charge in [-0.1, -0.05) is 60.7 Å². The second kappa shape index (κ2) is 8.62. The Balaban J connectivity index is 1.91. The molecule has 0 saturated carbocycles. The molecule has 3 rings (SSSR count). The third kappa shape index (κ3) is 4.36. The minimum Gasteiger partial charge on any atom is -0.507 e. The summed E-state index contributed by atoms with van der Waals surface area (Å²) in [7, 11) is 0. The second-order valence-corrected chi connectivity index (χ2v) is 5.58. The average Bonchev–Trinajstić information content (AvgIpc) is 2.68. The molecule has 0 aliphatic rings. The van der Waals surface area contributed by atoms with E-state index in [1.54, 1.807) is 18.2 Å². The topological polar surface area (TPSA) is 54.2 Å². The standard InChI is InChI=1S/C22H20N2O2/c1-2-26-20-14-13-19(21(25)15-20)16-23-24-22(17-9-5-3-6-10-17)18-11-7-4-8-12-18/h3-16,25H,2H2,1H3/b23-16+. The first-order valence-corrected chi connectivity index (χ1v) is 8.45. The molecule has 4 nitrogen and oxygen atoms in total. The third-order valence-corrected chi connectivity index (χ3v) is 3.76. The van der Waals surface area contributed by atoms with Gasteiger partial charge in [-0.2, -0.15) is 5.10 Å². The van der Waals surface area contributed by atoms with E-state index in [0.29, 0.717) is 17.9 Å². The van der Waals surface area contributed by atoms with E-state index in [1.165, 1.54) is 6.21 Å². The van der Waals surface area contributed by atoms with E-state index in [9.17, 15) is 5.11 Å². The summed E-state index contributed by atoms with van der Waals surface area (Å²) in [5.41, 5.74) is 3.31. The Labute approximate surface area is 153 Å². The third-order valence-electron chi connectivity index (χ3n) is 3.76. The van der Waals surface area contributed by atoms with E-state index in [0.717, 1.165) is 16.8 Å². The molecule has 0 amide bonds. The number of ether oxygens (including phenoxy) is 1. The molecule has 3 aromatic carbocycles. The molecular weight excluding hydrogens is 324 g/mol. The Hall–Kier alpha value is -3.40. The molecule has 3 aromatic rings.